The van der Waals surface area contributed by atoms with Gasteiger partial charge in [0.15, 0.2) is 5.82 Å². The van der Waals surface area contributed by atoms with E-state index in [-0.39, 0.29) is 22.9 Å². The highest BCUT2D eigenvalue weighted by Crippen LogP contribution is 2.23. The standard InChI is InChI=1S/C18H15FN4O6S/c1-2-29-18(26)14-7-11(15(24)8-16(25)17-20-10-21-22-17)9-23(14)30(27,28)13-5-3-12(19)4-6-13/h3-10,24H,2H2,1H3,(H,20,21,22). The Balaban J connectivity index is 2.08. The number of aromatic nitrogens is 4. The number of hydrogen-bond donors (Lipinski definition) is 2. The molecule has 0 aliphatic heterocycles. The zero-order chi connectivity index (χ0) is 21.9. The SMILES string of the molecule is CCOC(=O)c1cc(C(O)=CC(=O)c2ncn[nH]2)cn1S(=O)(=O)c1ccc(F)cc1. The molecule has 156 valence electrons. The average Bonchev–Trinajstić information content (AvgIpc) is 3.39. The van der Waals surface area contributed by atoms with Crippen LogP contribution < -0.4 is 0 Å². The van der Waals surface area contributed by atoms with Crippen LogP contribution >= 0.6 is 0 Å². The maximum absolute atomic E-state index is 13.2. The van der Waals surface area contributed by atoms with Crippen molar-refractivity contribution in [3.8, 4) is 0 Å². The highest BCUT2D eigenvalue weighted by molar-refractivity contribution is 7.90. The van der Waals surface area contributed by atoms with E-state index in [0.717, 1.165) is 48.9 Å². The molecule has 2 aromatic heterocycles. The molecule has 0 saturated heterocycles. The van der Waals surface area contributed by atoms with Gasteiger partial charge in [-0.1, -0.05) is 0 Å². The number of allylic oxidation sites excluding steroid dienone is 1. The predicted octanol–water partition coefficient (Wildman–Crippen LogP) is 1.94. The molecule has 3 rings (SSSR count). The number of benzene rings is 1. The molecule has 0 fully saturated rings. The molecule has 30 heavy (non-hydrogen) atoms. The summed E-state index contributed by atoms with van der Waals surface area (Å²) in [5.74, 6) is -3.10. The first kappa shape index (κ1) is 20.9. The molecule has 12 heteroatoms. The molecule has 0 atom stereocenters. The minimum atomic E-state index is -4.34. The fourth-order valence-electron chi connectivity index (χ4n) is 2.46. The molecule has 0 aliphatic rings. The summed E-state index contributed by atoms with van der Waals surface area (Å²) in [5, 5.41) is 16.1. The summed E-state index contributed by atoms with van der Waals surface area (Å²) >= 11 is 0. The second kappa shape index (κ2) is 8.29. The zero-order valence-electron chi connectivity index (χ0n) is 15.4. The second-order valence-electron chi connectivity index (χ2n) is 5.82. The molecule has 0 saturated carbocycles. The number of halogens is 1. The third-order valence-corrected chi connectivity index (χ3v) is 5.54. The van der Waals surface area contributed by atoms with Gasteiger partial charge in [-0.15, -0.1) is 0 Å². The van der Waals surface area contributed by atoms with Gasteiger partial charge in [0.1, 0.15) is 23.6 Å². The lowest BCUT2D eigenvalue weighted by Crippen LogP contribution is -2.19. The summed E-state index contributed by atoms with van der Waals surface area (Å²) in [6.45, 7) is 1.51. The normalized spacial score (nSPS) is 12.0. The van der Waals surface area contributed by atoms with Gasteiger partial charge in [0.2, 0.25) is 5.78 Å². The molecule has 2 N–H and O–H groups in total. The Morgan fingerprint density at radius 1 is 1.30 bits per heavy atom. The van der Waals surface area contributed by atoms with E-state index in [1.165, 1.54) is 6.92 Å². The third kappa shape index (κ3) is 4.12. The lowest BCUT2D eigenvalue weighted by Gasteiger charge is -2.09. The number of H-pyrrole nitrogens is 1. The Morgan fingerprint density at radius 3 is 2.60 bits per heavy atom. The molecule has 2 heterocycles. The van der Waals surface area contributed by atoms with Crippen molar-refractivity contribution in [2.75, 3.05) is 6.61 Å². The minimum absolute atomic E-state index is 0.0260. The van der Waals surface area contributed by atoms with Gasteiger partial charge in [0.05, 0.1) is 11.5 Å². The summed E-state index contributed by atoms with van der Waals surface area (Å²) in [6, 6.07) is 5.02. The molecular weight excluding hydrogens is 419 g/mol. The van der Waals surface area contributed by atoms with E-state index in [2.05, 4.69) is 15.2 Å². The Labute approximate surface area is 169 Å². The van der Waals surface area contributed by atoms with Crippen molar-refractivity contribution in [3.63, 3.8) is 0 Å². The van der Waals surface area contributed by atoms with Gasteiger partial charge in [-0.05, 0) is 37.3 Å². The number of esters is 1. The summed E-state index contributed by atoms with van der Waals surface area (Å²) in [4.78, 5) is 27.7. The summed E-state index contributed by atoms with van der Waals surface area (Å²) in [5.41, 5.74) is -0.556. The second-order valence-corrected chi connectivity index (χ2v) is 7.63. The number of aromatic amines is 1. The fraction of sp³-hybridized carbons (Fsp3) is 0.111. The number of ether oxygens (including phenoxy) is 1. The number of rotatable bonds is 7. The van der Waals surface area contributed by atoms with Gasteiger partial charge in [-0.3, -0.25) is 9.89 Å². The van der Waals surface area contributed by atoms with E-state index in [1.54, 1.807) is 0 Å². The number of nitrogens with one attached hydrogen (secondary N) is 1. The van der Waals surface area contributed by atoms with E-state index in [4.69, 9.17) is 4.74 Å². The largest absolute Gasteiger partial charge is 0.507 e. The van der Waals surface area contributed by atoms with Gasteiger partial charge >= 0.3 is 5.97 Å². The summed E-state index contributed by atoms with van der Waals surface area (Å²) < 4.78 is 44.6. The number of hydrogen-bond acceptors (Lipinski definition) is 8. The first-order valence-electron chi connectivity index (χ1n) is 8.45. The molecule has 10 nitrogen and oxygen atoms in total. The molecular formula is C18H15FN4O6S. The lowest BCUT2D eigenvalue weighted by atomic mass is 10.2. The Morgan fingerprint density at radius 2 is 2.00 bits per heavy atom. The molecule has 3 aromatic rings. The average molecular weight is 434 g/mol. The first-order valence-corrected chi connectivity index (χ1v) is 9.89. The highest BCUT2D eigenvalue weighted by Gasteiger charge is 2.26. The number of nitrogens with zero attached hydrogens (tertiary/aromatic N) is 3. The topological polar surface area (TPSA) is 144 Å². The Hall–Kier alpha value is -3.80. The molecule has 0 aliphatic carbocycles. The van der Waals surface area contributed by atoms with Crippen molar-refractivity contribution in [2.24, 2.45) is 0 Å². The van der Waals surface area contributed by atoms with Gasteiger partial charge in [0.25, 0.3) is 10.0 Å². The van der Waals surface area contributed by atoms with Crippen LogP contribution in [0.1, 0.15) is 33.6 Å². The monoisotopic (exact) mass is 434 g/mol. The minimum Gasteiger partial charge on any atom is -0.507 e. The zero-order valence-corrected chi connectivity index (χ0v) is 16.3. The van der Waals surface area contributed by atoms with Gasteiger partial charge in [-0.25, -0.2) is 26.6 Å². The molecule has 0 spiro atoms. The predicted molar refractivity (Wildman–Crippen MR) is 101 cm³/mol. The van der Waals surface area contributed by atoms with E-state index in [0.29, 0.717) is 3.97 Å². The van der Waals surface area contributed by atoms with Crippen LogP contribution in [0.25, 0.3) is 5.76 Å². The van der Waals surface area contributed by atoms with Crippen LogP contribution in [0, 0.1) is 5.82 Å². The van der Waals surface area contributed by atoms with Crippen LogP contribution in [-0.2, 0) is 14.8 Å². The third-order valence-electron chi connectivity index (χ3n) is 3.85. The van der Waals surface area contributed by atoms with E-state index < -0.39 is 39.0 Å². The van der Waals surface area contributed by atoms with Crippen LogP contribution in [0.5, 0.6) is 0 Å². The van der Waals surface area contributed by atoms with Crippen LogP contribution in [0.4, 0.5) is 4.39 Å². The number of carbonyl (C=O) groups excluding carboxylic acids is 2. The summed E-state index contributed by atoms with van der Waals surface area (Å²) in [7, 11) is -4.34. The van der Waals surface area contributed by atoms with Crippen molar-refractivity contribution >= 4 is 27.5 Å². The van der Waals surface area contributed by atoms with Crippen molar-refractivity contribution < 1.29 is 32.2 Å². The molecule has 0 radical (unpaired) electrons. The number of ketones is 1. The number of aliphatic hydroxyl groups excluding tert-OH is 1. The molecule has 0 amide bonds. The molecule has 0 unspecified atom stereocenters. The Kier molecular flexibility index (Phi) is 5.78. The molecule has 1 aromatic carbocycles. The van der Waals surface area contributed by atoms with Crippen molar-refractivity contribution in [1.29, 1.82) is 0 Å². The maximum Gasteiger partial charge on any atom is 0.356 e. The van der Waals surface area contributed by atoms with Gasteiger partial charge in [-0.2, -0.15) is 5.10 Å². The van der Waals surface area contributed by atoms with E-state index in [9.17, 15) is 27.5 Å². The quantitative estimate of drug-likeness (QED) is 0.248. The van der Waals surface area contributed by atoms with Crippen LogP contribution in [0.15, 0.2) is 53.8 Å². The van der Waals surface area contributed by atoms with Crippen LogP contribution in [0.2, 0.25) is 0 Å². The van der Waals surface area contributed by atoms with Crippen LogP contribution in [0.3, 0.4) is 0 Å². The van der Waals surface area contributed by atoms with E-state index in [1.807, 2.05) is 0 Å². The first-order chi connectivity index (χ1) is 14.2. The number of aliphatic hydroxyl groups is 1. The Bertz CT molecular complexity index is 1210. The smallest absolute Gasteiger partial charge is 0.356 e. The van der Waals surface area contributed by atoms with Crippen molar-refractivity contribution in [1.82, 2.24) is 19.2 Å². The lowest BCUT2D eigenvalue weighted by molar-refractivity contribution is 0.0518. The highest BCUT2D eigenvalue weighted by atomic mass is 32.2. The van der Waals surface area contributed by atoms with Gasteiger partial charge < -0.3 is 9.84 Å². The maximum atomic E-state index is 13.2. The summed E-state index contributed by atoms with van der Waals surface area (Å²) in [6.07, 6.45) is 2.84. The molecule has 0 bridgehead atoms. The van der Waals surface area contributed by atoms with Gasteiger partial charge in [0, 0.05) is 17.8 Å². The van der Waals surface area contributed by atoms with Crippen molar-refractivity contribution in [3.05, 3.63) is 71.8 Å². The van der Waals surface area contributed by atoms with Crippen molar-refractivity contribution in [2.45, 2.75) is 11.8 Å². The van der Waals surface area contributed by atoms with Crippen LogP contribution in [-0.4, -0.2) is 51.0 Å². The number of carbonyl (C=O) groups is 2. The van der Waals surface area contributed by atoms with E-state index >= 15 is 0 Å². The fourth-order valence-corrected chi connectivity index (χ4v) is 3.80.